The number of rotatable bonds is 5. The molecular formula is C14H19N3S. The van der Waals surface area contributed by atoms with E-state index in [-0.39, 0.29) is 0 Å². The molecule has 0 atom stereocenters. The Morgan fingerprint density at radius 3 is 2.56 bits per heavy atom. The lowest BCUT2D eigenvalue weighted by Gasteiger charge is -2.09. The van der Waals surface area contributed by atoms with Gasteiger partial charge in [0.15, 0.2) is 0 Å². The summed E-state index contributed by atoms with van der Waals surface area (Å²) in [5, 5.41) is 3.17. The van der Waals surface area contributed by atoms with E-state index >= 15 is 0 Å². The Kier molecular flexibility index (Phi) is 4.47. The van der Waals surface area contributed by atoms with Gasteiger partial charge in [0, 0.05) is 23.9 Å². The van der Waals surface area contributed by atoms with Crippen LogP contribution in [0.3, 0.4) is 0 Å². The summed E-state index contributed by atoms with van der Waals surface area (Å²) >= 11 is 1.69. The molecule has 0 amide bonds. The predicted molar refractivity (Wildman–Crippen MR) is 77.7 cm³/mol. The largest absolute Gasteiger partial charge is 0.330 e. The van der Waals surface area contributed by atoms with Gasteiger partial charge in [0.05, 0.1) is 5.69 Å². The van der Waals surface area contributed by atoms with Crippen molar-refractivity contribution in [1.82, 2.24) is 9.88 Å². The van der Waals surface area contributed by atoms with Crippen LogP contribution in [0.25, 0.3) is 10.6 Å². The van der Waals surface area contributed by atoms with Crippen LogP contribution < -0.4 is 5.73 Å². The molecule has 4 heteroatoms. The number of nitrogens with two attached hydrogens (primary N) is 1. The molecule has 18 heavy (non-hydrogen) atoms. The van der Waals surface area contributed by atoms with Crippen LogP contribution in [0.4, 0.5) is 0 Å². The number of thiazole rings is 1. The molecule has 96 valence electrons. The van der Waals surface area contributed by atoms with Gasteiger partial charge in [-0.3, -0.25) is 0 Å². The molecule has 0 aliphatic rings. The van der Waals surface area contributed by atoms with Crippen LogP contribution in [-0.2, 0) is 13.0 Å². The molecule has 2 aromatic rings. The van der Waals surface area contributed by atoms with Gasteiger partial charge in [-0.1, -0.05) is 24.3 Å². The maximum atomic E-state index is 5.53. The summed E-state index contributed by atoms with van der Waals surface area (Å²) in [6.07, 6.45) is 0.856. The van der Waals surface area contributed by atoms with Gasteiger partial charge in [0.25, 0.3) is 0 Å². The lowest BCUT2D eigenvalue weighted by molar-refractivity contribution is 0.402. The van der Waals surface area contributed by atoms with E-state index in [0.29, 0.717) is 6.54 Å². The van der Waals surface area contributed by atoms with Crippen LogP contribution in [-0.4, -0.2) is 30.5 Å². The Labute approximate surface area is 112 Å². The molecule has 1 aromatic carbocycles. The number of nitrogens with zero attached hydrogens (tertiary/aromatic N) is 2. The van der Waals surface area contributed by atoms with Crippen molar-refractivity contribution in [3.63, 3.8) is 0 Å². The van der Waals surface area contributed by atoms with Crippen molar-refractivity contribution in [2.75, 3.05) is 20.6 Å². The lowest BCUT2D eigenvalue weighted by Crippen LogP contribution is -2.10. The normalized spacial score (nSPS) is 11.1. The second kappa shape index (κ2) is 6.09. The molecule has 0 spiro atoms. The summed E-state index contributed by atoms with van der Waals surface area (Å²) < 4.78 is 0. The monoisotopic (exact) mass is 261 g/mol. The molecule has 2 N–H and O–H groups in total. The van der Waals surface area contributed by atoms with Crippen molar-refractivity contribution in [2.24, 2.45) is 5.73 Å². The summed E-state index contributed by atoms with van der Waals surface area (Å²) in [6, 6.07) is 8.62. The van der Waals surface area contributed by atoms with Gasteiger partial charge in [-0.15, -0.1) is 11.3 Å². The van der Waals surface area contributed by atoms with Crippen LogP contribution in [0.15, 0.2) is 29.6 Å². The highest BCUT2D eigenvalue weighted by Gasteiger charge is 2.04. The quantitative estimate of drug-likeness (QED) is 0.898. The number of benzene rings is 1. The van der Waals surface area contributed by atoms with E-state index in [4.69, 9.17) is 5.73 Å². The molecule has 0 unspecified atom stereocenters. The van der Waals surface area contributed by atoms with Crippen molar-refractivity contribution < 1.29 is 0 Å². The van der Waals surface area contributed by atoms with Gasteiger partial charge in [0.2, 0.25) is 0 Å². The zero-order chi connectivity index (χ0) is 13.0. The summed E-state index contributed by atoms with van der Waals surface area (Å²) in [6.45, 7) is 1.63. The second-order valence-corrected chi connectivity index (χ2v) is 5.48. The molecule has 0 bridgehead atoms. The Bertz CT molecular complexity index is 488. The minimum Gasteiger partial charge on any atom is -0.330 e. The SMILES string of the molecule is CN(C)Cc1ccc(-c2nc(CCN)cs2)cc1. The molecule has 0 fully saturated rings. The Morgan fingerprint density at radius 2 is 1.94 bits per heavy atom. The summed E-state index contributed by atoms with van der Waals surface area (Å²) in [5.74, 6) is 0. The van der Waals surface area contributed by atoms with Crippen LogP contribution in [0, 0.1) is 0 Å². The maximum absolute atomic E-state index is 5.53. The highest BCUT2D eigenvalue weighted by Crippen LogP contribution is 2.24. The number of hydrogen-bond donors (Lipinski definition) is 1. The molecule has 1 aromatic heterocycles. The fourth-order valence-corrected chi connectivity index (χ4v) is 2.68. The highest BCUT2D eigenvalue weighted by molar-refractivity contribution is 7.13. The highest BCUT2D eigenvalue weighted by atomic mass is 32.1. The molecule has 2 rings (SSSR count). The molecule has 3 nitrogen and oxygen atoms in total. The van der Waals surface area contributed by atoms with Crippen molar-refractivity contribution in [3.8, 4) is 10.6 Å². The van der Waals surface area contributed by atoms with Gasteiger partial charge in [0.1, 0.15) is 5.01 Å². The topological polar surface area (TPSA) is 42.2 Å². The van der Waals surface area contributed by atoms with E-state index in [1.807, 2.05) is 0 Å². The average molecular weight is 261 g/mol. The first-order chi connectivity index (χ1) is 8.69. The van der Waals surface area contributed by atoms with E-state index in [0.717, 1.165) is 23.7 Å². The molecule has 0 saturated carbocycles. The average Bonchev–Trinajstić information content (AvgIpc) is 2.78. The third-order valence-electron chi connectivity index (χ3n) is 2.65. The molecular weight excluding hydrogens is 242 g/mol. The van der Waals surface area contributed by atoms with Crippen molar-refractivity contribution in [2.45, 2.75) is 13.0 Å². The number of aromatic nitrogens is 1. The molecule has 0 aliphatic heterocycles. The zero-order valence-electron chi connectivity index (χ0n) is 10.9. The predicted octanol–water partition coefficient (Wildman–Crippen LogP) is 2.37. The first kappa shape index (κ1) is 13.2. The van der Waals surface area contributed by atoms with E-state index in [1.165, 1.54) is 11.1 Å². The third-order valence-corrected chi connectivity index (χ3v) is 3.59. The number of hydrogen-bond acceptors (Lipinski definition) is 4. The van der Waals surface area contributed by atoms with Crippen molar-refractivity contribution in [3.05, 3.63) is 40.9 Å². The van der Waals surface area contributed by atoms with Crippen molar-refractivity contribution in [1.29, 1.82) is 0 Å². The molecule has 0 saturated heterocycles. The Hall–Kier alpha value is -1.23. The van der Waals surface area contributed by atoms with Crippen molar-refractivity contribution >= 4 is 11.3 Å². The smallest absolute Gasteiger partial charge is 0.123 e. The zero-order valence-corrected chi connectivity index (χ0v) is 11.7. The van der Waals surface area contributed by atoms with Crippen LogP contribution in [0.2, 0.25) is 0 Å². The lowest BCUT2D eigenvalue weighted by atomic mass is 10.1. The first-order valence-electron chi connectivity index (χ1n) is 6.07. The summed E-state index contributed by atoms with van der Waals surface area (Å²) in [5.41, 5.74) is 9.13. The second-order valence-electron chi connectivity index (χ2n) is 4.62. The third kappa shape index (κ3) is 3.38. The minimum absolute atomic E-state index is 0.658. The molecule has 1 heterocycles. The fraction of sp³-hybridized carbons (Fsp3) is 0.357. The summed E-state index contributed by atoms with van der Waals surface area (Å²) in [4.78, 5) is 6.75. The van der Waals surface area contributed by atoms with Gasteiger partial charge in [-0.05, 0) is 26.2 Å². The van der Waals surface area contributed by atoms with E-state index in [2.05, 4.69) is 53.6 Å². The van der Waals surface area contributed by atoms with Gasteiger partial charge in [-0.2, -0.15) is 0 Å². The van der Waals surface area contributed by atoms with Gasteiger partial charge in [-0.25, -0.2) is 4.98 Å². The molecule has 0 aliphatic carbocycles. The van der Waals surface area contributed by atoms with Crippen LogP contribution in [0.1, 0.15) is 11.3 Å². The van der Waals surface area contributed by atoms with Crippen LogP contribution >= 0.6 is 11.3 Å². The standard InChI is InChI=1S/C14H19N3S/c1-17(2)9-11-3-5-12(6-4-11)14-16-13(7-8-15)10-18-14/h3-6,10H,7-9,15H2,1-2H3. The Morgan fingerprint density at radius 1 is 1.22 bits per heavy atom. The molecule has 0 radical (unpaired) electrons. The van der Waals surface area contributed by atoms with E-state index in [9.17, 15) is 0 Å². The van der Waals surface area contributed by atoms with Crippen LogP contribution in [0.5, 0.6) is 0 Å². The van der Waals surface area contributed by atoms with Gasteiger partial charge < -0.3 is 10.6 Å². The van der Waals surface area contributed by atoms with E-state index < -0.39 is 0 Å². The maximum Gasteiger partial charge on any atom is 0.123 e. The van der Waals surface area contributed by atoms with E-state index in [1.54, 1.807) is 11.3 Å². The van der Waals surface area contributed by atoms with Gasteiger partial charge >= 0.3 is 0 Å². The minimum atomic E-state index is 0.658. The fourth-order valence-electron chi connectivity index (χ4n) is 1.82. The Balaban J connectivity index is 2.12. The first-order valence-corrected chi connectivity index (χ1v) is 6.95. The summed E-state index contributed by atoms with van der Waals surface area (Å²) in [7, 11) is 4.15.